The van der Waals surface area contributed by atoms with Crippen molar-refractivity contribution in [3.8, 4) is 0 Å². The van der Waals surface area contributed by atoms with Crippen molar-refractivity contribution in [3.63, 3.8) is 0 Å². The monoisotopic (exact) mass is 499 g/mol. The molecule has 5 nitrogen and oxygen atoms in total. The summed E-state index contributed by atoms with van der Waals surface area (Å²) in [5, 5.41) is 7.10. The molecular weight excluding hydrogens is 461 g/mol. The molecule has 3 rings (SSSR count). The van der Waals surface area contributed by atoms with Crippen molar-refractivity contribution in [1.29, 1.82) is 0 Å². The van der Waals surface area contributed by atoms with E-state index in [-0.39, 0.29) is 24.0 Å². The molecule has 2 aliphatic rings. The first-order valence-corrected chi connectivity index (χ1v) is 10.7. The number of guanidine groups is 1. The predicted molar refractivity (Wildman–Crippen MR) is 130 cm³/mol. The van der Waals surface area contributed by atoms with E-state index in [0.29, 0.717) is 6.04 Å². The van der Waals surface area contributed by atoms with Crippen LogP contribution in [-0.2, 0) is 6.42 Å². The van der Waals surface area contributed by atoms with Crippen LogP contribution in [0.25, 0.3) is 0 Å². The number of benzene rings is 1. The van der Waals surface area contributed by atoms with E-state index >= 15 is 0 Å². The van der Waals surface area contributed by atoms with E-state index in [9.17, 15) is 0 Å². The number of aliphatic imine (C=N–C) groups is 1. The van der Waals surface area contributed by atoms with Gasteiger partial charge in [0, 0.05) is 39.3 Å². The van der Waals surface area contributed by atoms with E-state index < -0.39 is 0 Å². The number of rotatable bonds is 8. The highest BCUT2D eigenvalue weighted by Crippen LogP contribution is 2.17. The van der Waals surface area contributed by atoms with Crippen molar-refractivity contribution in [2.45, 2.75) is 38.6 Å². The van der Waals surface area contributed by atoms with Gasteiger partial charge in [-0.15, -0.1) is 24.0 Å². The summed E-state index contributed by atoms with van der Waals surface area (Å²) in [6.07, 6.45) is 5.06. The Morgan fingerprint density at radius 3 is 2.64 bits per heavy atom. The van der Waals surface area contributed by atoms with Gasteiger partial charge in [-0.1, -0.05) is 37.3 Å². The lowest BCUT2D eigenvalue weighted by molar-refractivity contribution is 0.267. The quantitative estimate of drug-likeness (QED) is 0.328. The molecule has 2 heterocycles. The Bertz CT molecular complexity index is 580. The molecular formula is C22H38IN5. The van der Waals surface area contributed by atoms with Crippen molar-refractivity contribution in [1.82, 2.24) is 20.4 Å². The minimum absolute atomic E-state index is 0. The molecule has 1 aromatic carbocycles. The molecule has 2 unspecified atom stereocenters. The van der Waals surface area contributed by atoms with Crippen LogP contribution in [0.15, 0.2) is 35.3 Å². The lowest BCUT2D eigenvalue weighted by Crippen LogP contribution is -2.46. The fourth-order valence-electron chi connectivity index (χ4n) is 4.43. The second-order valence-corrected chi connectivity index (χ2v) is 7.95. The number of hydrogen-bond donors (Lipinski definition) is 2. The molecule has 2 N–H and O–H groups in total. The van der Waals surface area contributed by atoms with E-state index in [4.69, 9.17) is 0 Å². The highest BCUT2D eigenvalue weighted by molar-refractivity contribution is 14.0. The van der Waals surface area contributed by atoms with Gasteiger partial charge < -0.3 is 15.5 Å². The fraction of sp³-hybridized carbons (Fsp3) is 0.682. The van der Waals surface area contributed by atoms with E-state index in [1.807, 2.05) is 7.05 Å². The average Bonchev–Trinajstić information content (AvgIpc) is 3.36. The number of nitrogens with zero attached hydrogens (tertiary/aromatic N) is 3. The van der Waals surface area contributed by atoms with Crippen LogP contribution in [0.5, 0.6) is 0 Å². The third-order valence-corrected chi connectivity index (χ3v) is 6.12. The van der Waals surface area contributed by atoms with Crippen molar-refractivity contribution in [2.75, 3.05) is 52.9 Å². The fourth-order valence-corrected chi connectivity index (χ4v) is 4.43. The Morgan fingerprint density at radius 1 is 1.11 bits per heavy atom. The van der Waals surface area contributed by atoms with Gasteiger partial charge in [0.2, 0.25) is 0 Å². The average molecular weight is 499 g/mol. The lowest BCUT2D eigenvalue weighted by Gasteiger charge is -2.24. The molecule has 2 fully saturated rings. The van der Waals surface area contributed by atoms with Crippen LogP contribution in [0.4, 0.5) is 0 Å². The van der Waals surface area contributed by atoms with Gasteiger partial charge in [0.15, 0.2) is 5.96 Å². The van der Waals surface area contributed by atoms with Crippen molar-refractivity contribution >= 4 is 29.9 Å². The summed E-state index contributed by atoms with van der Waals surface area (Å²) in [5.74, 6) is 1.68. The SMILES string of the molecule is CCN1CCCC1CNC(=NC)NCC1CCN(CCc2ccccc2)C1.I. The summed E-state index contributed by atoms with van der Waals surface area (Å²) in [7, 11) is 1.88. The largest absolute Gasteiger partial charge is 0.356 e. The number of likely N-dealkylation sites (tertiary alicyclic amines) is 2. The normalized spacial score (nSPS) is 23.6. The van der Waals surface area contributed by atoms with E-state index in [1.165, 1.54) is 51.0 Å². The van der Waals surface area contributed by atoms with Crippen molar-refractivity contribution in [2.24, 2.45) is 10.9 Å². The molecule has 2 aliphatic heterocycles. The van der Waals surface area contributed by atoms with E-state index in [2.05, 4.69) is 62.7 Å². The Balaban J connectivity index is 0.00000280. The molecule has 2 atom stereocenters. The Labute approximate surface area is 188 Å². The second-order valence-electron chi connectivity index (χ2n) is 7.95. The van der Waals surface area contributed by atoms with Gasteiger partial charge in [-0.2, -0.15) is 0 Å². The van der Waals surface area contributed by atoms with Crippen LogP contribution in [0, 0.1) is 5.92 Å². The summed E-state index contributed by atoms with van der Waals surface area (Å²) in [6, 6.07) is 11.5. The van der Waals surface area contributed by atoms with Crippen LogP contribution in [0.1, 0.15) is 31.7 Å². The minimum atomic E-state index is 0. The van der Waals surface area contributed by atoms with Gasteiger partial charge in [0.1, 0.15) is 0 Å². The smallest absolute Gasteiger partial charge is 0.191 e. The summed E-state index contributed by atoms with van der Waals surface area (Å²) < 4.78 is 0. The minimum Gasteiger partial charge on any atom is -0.356 e. The maximum absolute atomic E-state index is 4.42. The number of hydrogen-bond acceptors (Lipinski definition) is 3. The zero-order chi connectivity index (χ0) is 18.9. The maximum atomic E-state index is 4.42. The third-order valence-electron chi connectivity index (χ3n) is 6.12. The van der Waals surface area contributed by atoms with Gasteiger partial charge >= 0.3 is 0 Å². The van der Waals surface area contributed by atoms with Gasteiger partial charge in [-0.3, -0.25) is 9.89 Å². The third kappa shape index (κ3) is 7.19. The molecule has 0 amide bonds. The van der Waals surface area contributed by atoms with Gasteiger partial charge in [0.25, 0.3) is 0 Å². The number of likely N-dealkylation sites (N-methyl/N-ethyl adjacent to an activating group) is 1. The molecule has 158 valence electrons. The van der Waals surface area contributed by atoms with E-state index in [1.54, 1.807) is 0 Å². The predicted octanol–water partition coefficient (Wildman–Crippen LogP) is 2.82. The zero-order valence-corrected chi connectivity index (χ0v) is 19.9. The molecule has 6 heteroatoms. The summed E-state index contributed by atoms with van der Waals surface area (Å²) in [5.41, 5.74) is 1.44. The summed E-state index contributed by atoms with van der Waals surface area (Å²) in [4.78, 5) is 9.59. The first kappa shape index (κ1) is 23.4. The molecule has 0 spiro atoms. The Hall–Kier alpha value is -0.860. The van der Waals surface area contributed by atoms with Crippen LogP contribution in [-0.4, -0.2) is 74.7 Å². The molecule has 2 saturated heterocycles. The Morgan fingerprint density at radius 2 is 1.89 bits per heavy atom. The first-order valence-electron chi connectivity index (χ1n) is 10.7. The summed E-state index contributed by atoms with van der Waals surface area (Å²) in [6.45, 7) is 10.3. The van der Waals surface area contributed by atoms with Crippen LogP contribution in [0.3, 0.4) is 0 Å². The van der Waals surface area contributed by atoms with Crippen molar-refractivity contribution < 1.29 is 0 Å². The van der Waals surface area contributed by atoms with E-state index in [0.717, 1.165) is 37.9 Å². The van der Waals surface area contributed by atoms with Gasteiger partial charge in [-0.25, -0.2) is 0 Å². The molecule has 0 aromatic heterocycles. The molecule has 1 aromatic rings. The molecule has 0 radical (unpaired) electrons. The van der Waals surface area contributed by atoms with Crippen LogP contribution < -0.4 is 10.6 Å². The van der Waals surface area contributed by atoms with Gasteiger partial charge in [0.05, 0.1) is 0 Å². The molecule has 0 aliphatic carbocycles. The van der Waals surface area contributed by atoms with Crippen LogP contribution in [0.2, 0.25) is 0 Å². The van der Waals surface area contributed by atoms with Crippen molar-refractivity contribution in [3.05, 3.63) is 35.9 Å². The number of halogens is 1. The lowest BCUT2D eigenvalue weighted by atomic mass is 10.1. The highest BCUT2D eigenvalue weighted by atomic mass is 127. The topological polar surface area (TPSA) is 42.9 Å². The Kier molecular flexibility index (Phi) is 10.6. The molecule has 0 saturated carbocycles. The standard InChI is InChI=1S/C22H37N5.HI/c1-3-27-13-7-10-21(27)17-25-22(23-2)24-16-20-12-15-26(18-20)14-11-19-8-5-4-6-9-19;/h4-6,8-9,20-21H,3,7,10-18H2,1-2H3,(H2,23,24,25);1H. The second kappa shape index (κ2) is 12.6. The first-order chi connectivity index (χ1) is 13.3. The molecule has 0 bridgehead atoms. The van der Waals surface area contributed by atoms with Gasteiger partial charge in [-0.05, 0) is 56.8 Å². The van der Waals surface area contributed by atoms with Crippen LogP contribution >= 0.6 is 24.0 Å². The summed E-state index contributed by atoms with van der Waals surface area (Å²) >= 11 is 0. The number of nitrogens with one attached hydrogen (secondary N) is 2. The molecule has 28 heavy (non-hydrogen) atoms. The maximum Gasteiger partial charge on any atom is 0.191 e. The zero-order valence-electron chi connectivity index (χ0n) is 17.6. The highest BCUT2D eigenvalue weighted by Gasteiger charge is 2.24.